The van der Waals surface area contributed by atoms with Gasteiger partial charge in [-0.3, -0.25) is 0 Å². The molecule has 4 nitrogen and oxygen atoms in total. The van der Waals surface area contributed by atoms with Gasteiger partial charge < -0.3 is 10.7 Å². The van der Waals surface area contributed by atoms with Crippen molar-refractivity contribution in [1.29, 1.82) is 0 Å². The maximum absolute atomic E-state index is 11.2. The lowest BCUT2D eigenvalue weighted by atomic mass is 9.94. The molecule has 92 valence electrons. The lowest BCUT2D eigenvalue weighted by Crippen LogP contribution is -2.29. The van der Waals surface area contributed by atoms with Gasteiger partial charge in [0, 0.05) is 0 Å². The molecular weight excluding hydrogens is 226 g/mol. The Hall–Kier alpha value is -0.910. The molecule has 1 rings (SSSR count). The van der Waals surface area contributed by atoms with Gasteiger partial charge >= 0.3 is 0 Å². The van der Waals surface area contributed by atoms with Crippen molar-refractivity contribution < 1.29 is 13.0 Å². The zero-order valence-corrected chi connectivity index (χ0v) is 11.2. The lowest BCUT2D eigenvalue weighted by Gasteiger charge is -2.30. The van der Waals surface area contributed by atoms with Crippen molar-refractivity contribution in [3.63, 3.8) is 0 Å². The summed E-state index contributed by atoms with van der Waals surface area (Å²) >= 11 is 0. The van der Waals surface area contributed by atoms with Gasteiger partial charge in [0.2, 0.25) is 0 Å². The molecule has 0 aliphatic carbocycles. The van der Waals surface area contributed by atoms with Crippen LogP contribution < -0.4 is 6.15 Å². The quantitative estimate of drug-likeness (QED) is 0.811. The van der Waals surface area contributed by atoms with Crippen molar-refractivity contribution in [3.05, 3.63) is 34.9 Å². The van der Waals surface area contributed by atoms with Gasteiger partial charge in [-0.15, -0.1) is 0 Å². The van der Waals surface area contributed by atoms with Crippen molar-refractivity contribution in [2.24, 2.45) is 0 Å². The smallest absolute Gasteiger partial charge is 0.104 e. The molecule has 0 aliphatic heterocycles. The van der Waals surface area contributed by atoms with E-state index in [0.717, 1.165) is 11.1 Å². The van der Waals surface area contributed by atoms with Crippen molar-refractivity contribution in [1.82, 2.24) is 6.15 Å². The van der Waals surface area contributed by atoms with E-state index in [1.54, 1.807) is 12.1 Å². The van der Waals surface area contributed by atoms with Crippen LogP contribution in [0.25, 0.3) is 0 Å². The molecule has 0 radical (unpaired) electrons. The van der Waals surface area contributed by atoms with Crippen LogP contribution in [0.15, 0.2) is 18.2 Å². The van der Waals surface area contributed by atoms with E-state index in [2.05, 4.69) is 0 Å². The van der Waals surface area contributed by atoms with Crippen molar-refractivity contribution in [2.75, 3.05) is 0 Å². The summed E-state index contributed by atoms with van der Waals surface area (Å²) < 4.78 is 32.1. The second-order valence-corrected chi connectivity index (χ2v) is 6.14. The maximum atomic E-state index is 11.2. The fourth-order valence-electron chi connectivity index (χ4n) is 1.54. The molecule has 0 fully saturated rings. The molecule has 0 saturated carbocycles. The Balaban J connectivity index is 0.00000225. The topological polar surface area (TPSA) is 93.7 Å². The van der Waals surface area contributed by atoms with Crippen LogP contribution >= 0.6 is 0 Å². The molecule has 16 heavy (non-hydrogen) atoms. The van der Waals surface area contributed by atoms with Gasteiger partial charge in [0.25, 0.3) is 0 Å². The molecule has 1 aromatic rings. The van der Waals surface area contributed by atoms with Crippen LogP contribution in [0, 0.1) is 13.8 Å². The van der Waals surface area contributed by atoms with E-state index in [4.69, 9.17) is 0 Å². The van der Waals surface area contributed by atoms with Crippen LogP contribution in [0.4, 0.5) is 0 Å². The minimum absolute atomic E-state index is 0. The Labute approximate surface area is 97.0 Å². The summed E-state index contributed by atoms with van der Waals surface area (Å²) in [4.78, 5) is 0. The molecular formula is C11H19NO3S. The number of hydrogen-bond donors (Lipinski definition) is 1. The third-order valence-corrected chi connectivity index (χ3v) is 4.35. The number of rotatable bonds is 2. The second kappa shape index (κ2) is 4.53. The molecule has 0 heterocycles. The highest BCUT2D eigenvalue weighted by Gasteiger charge is 2.29. The second-order valence-electron chi connectivity index (χ2n) is 4.21. The van der Waals surface area contributed by atoms with E-state index in [1.807, 2.05) is 19.9 Å². The number of quaternary nitrogens is 1. The summed E-state index contributed by atoms with van der Waals surface area (Å²) in [5.41, 5.74) is 2.43. The highest BCUT2D eigenvalue weighted by atomic mass is 32.2. The number of hydrogen-bond acceptors (Lipinski definition) is 3. The van der Waals surface area contributed by atoms with Crippen LogP contribution in [0.2, 0.25) is 0 Å². The number of aryl methyl sites for hydroxylation is 1. The van der Waals surface area contributed by atoms with E-state index < -0.39 is 14.9 Å². The molecule has 0 unspecified atom stereocenters. The largest absolute Gasteiger partial charge is 0.747 e. The van der Waals surface area contributed by atoms with Crippen LogP contribution in [-0.2, 0) is 14.9 Å². The van der Waals surface area contributed by atoms with Gasteiger partial charge in [-0.1, -0.05) is 18.2 Å². The van der Waals surface area contributed by atoms with E-state index in [-0.39, 0.29) is 6.15 Å². The third kappa shape index (κ3) is 2.42. The Bertz CT molecular complexity index is 478. The zero-order valence-electron chi connectivity index (χ0n) is 10.4. The Morgan fingerprint density at radius 3 is 2.12 bits per heavy atom. The van der Waals surface area contributed by atoms with Gasteiger partial charge in [-0.2, -0.15) is 0 Å². The fourth-order valence-corrected chi connectivity index (χ4v) is 2.03. The molecule has 0 saturated heterocycles. The van der Waals surface area contributed by atoms with Gasteiger partial charge in [-0.05, 0) is 44.4 Å². The Morgan fingerprint density at radius 2 is 1.69 bits per heavy atom. The van der Waals surface area contributed by atoms with Crippen LogP contribution in [0.1, 0.15) is 30.5 Å². The van der Waals surface area contributed by atoms with Gasteiger partial charge in [0.15, 0.2) is 0 Å². The molecule has 0 aliphatic rings. The molecule has 5 heteroatoms. The first-order valence-electron chi connectivity index (χ1n) is 4.70. The normalized spacial score (nSPS) is 12.1. The van der Waals surface area contributed by atoms with Crippen LogP contribution in [0.3, 0.4) is 0 Å². The molecule has 1 aromatic carbocycles. The van der Waals surface area contributed by atoms with Gasteiger partial charge in [0.05, 0.1) is 4.75 Å². The van der Waals surface area contributed by atoms with Crippen molar-refractivity contribution in [3.8, 4) is 0 Å². The summed E-state index contributed by atoms with van der Waals surface area (Å²) in [6, 6.07) is 5.36. The zero-order chi connectivity index (χ0) is 11.9. The maximum Gasteiger partial charge on any atom is 0.104 e. The highest BCUT2D eigenvalue weighted by Crippen LogP contribution is 2.31. The molecule has 0 atom stereocenters. The predicted molar refractivity (Wildman–Crippen MR) is 64.6 cm³/mol. The third-order valence-electron chi connectivity index (χ3n) is 2.88. The highest BCUT2D eigenvalue weighted by molar-refractivity contribution is 7.86. The SMILES string of the molecule is Cc1cccc(C(C)(C)S(=O)(=O)[O-])c1C.[NH4+]. The minimum Gasteiger partial charge on any atom is -0.747 e. The molecule has 0 amide bonds. The van der Waals surface area contributed by atoms with Crippen molar-refractivity contribution >= 4 is 10.1 Å². The van der Waals surface area contributed by atoms with E-state index in [0.29, 0.717) is 5.56 Å². The minimum atomic E-state index is -4.34. The first kappa shape index (κ1) is 15.1. The van der Waals surface area contributed by atoms with E-state index in [9.17, 15) is 13.0 Å². The van der Waals surface area contributed by atoms with E-state index >= 15 is 0 Å². The summed E-state index contributed by atoms with van der Waals surface area (Å²) in [7, 11) is -4.34. The average Bonchev–Trinajstić information content (AvgIpc) is 2.07. The van der Waals surface area contributed by atoms with Crippen LogP contribution in [-0.4, -0.2) is 13.0 Å². The molecule has 0 aromatic heterocycles. The fraction of sp³-hybridized carbons (Fsp3) is 0.455. The molecule has 4 N–H and O–H groups in total. The summed E-state index contributed by atoms with van der Waals surface area (Å²) in [5.74, 6) is 0. The van der Waals surface area contributed by atoms with Gasteiger partial charge in [0.1, 0.15) is 10.1 Å². The molecule has 0 spiro atoms. The van der Waals surface area contributed by atoms with Crippen LogP contribution in [0.5, 0.6) is 0 Å². The summed E-state index contributed by atoms with van der Waals surface area (Å²) in [5, 5.41) is 0. The lowest BCUT2D eigenvalue weighted by molar-refractivity contribution is 0.427. The van der Waals surface area contributed by atoms with Crippen molar-refractivity contribution in [2.45, 2.75) is 32.4 Å². The first-order valence-corrected chi connectivity index (χ1v) is 6.11. The Morgan fingerprint density at radius 1 is 1.19 bits per heavy atom. The standard InChI is InChI=1S/C11H16O3S.H3N/c1-8-6-5-7-10(9(8)2)11(3,4)15(12,13)14;/h5-7H,1-4H3,(H,12,13,14);1H3. The average molecular weight is 245 g/mol. The summed E-state index contributed by atoms with van der Waals surface area (Å²) in [6.45, 7) is 6.61. The molecule has 0 bridgehead atoms. The monoisotopic (exact) mass is 245 g/mol. The number of benzene rings is 1. The summed E-state index contributed by atoms with van der Waals surface area (Å²) in [6.07, 6.45) is 0. The van der Waals surface area contributed by atoms with Gasteiger partial charge in [-0.25, -0.2) is 8.42 Å². The predicted octanol–water partition coefficient (Wildman–Crippen LogP) is 2.46. The Kier molecular flexibility index (Phi) is 4.27. The van der Waals surface area contributed by atoms with E-state index in [1.165, 1.54) is 13.8 Å². The first-order chi connectivity index (χ1) is 6.68.